The zero-order chi connectivity index (χ0) is 21.3. The van der Waals surface area contributed by atoms with Crippen molar-refractivity contribution in [2.45, 2.75) is 6.92 Å². The Balaban J connectivity index is 1.69. The second kappa shape index (κ2) is 10.0. The molecule has 6 nitrogen and oxygen atoms in total. The van der Waals surface area contributed by atoms with E-state index in [1.54, 1.807) is 72.8 Å². The largest absolute Gasteiger partial charge is 0.484 e. The van der Waals surface area contributed by atoms with Crippen LogP contribution in [0.4, 0.5) is 5.69 Å². The summed E-state index contributed by atoms with van der Waals surface area (Å²) in [5.74, 6) is -0.283. The summed E-state index contributed by atoms with van der Waals surface area (Å²) in [7, 11) is 0. The van der Waals surface area contributed by atoms with Gasteiger partial charge in [-0.05, 0) is 37.3 Å². The average Bonchev–Trinajstić information content (AvgIpc) is 2.79. The zero-order valence-electron chi connectivity index (χ0n) is 16.6. The predicted molar refractivity (Wildman–Crippen MR) is 115 cm³/mol. The Morgan fingerprint density at radius 2 is 1.43 bits per heavy atom. The highest BCUT2D eigenvalue weighted by atomic mass is 16.5. The molecule has 0 fully saturated rings. The summed E-state index contributed by atoms with van der Waals surface area (Å²) in [6.07, 6.45) is 0. The van der Waals surface area contributed by atoms with Crippen LogP contribution in [0.25, 0.3) is 0 Å². The fourth-order valence-corrected chi connectivity index (χ4v) is 2.85. The van der Waals surface area contributed by atoms with Gasteiger partial charge in [0.15, 0.2) is 12.4 Å². The number of hydrogen-bond donors (Lipinski definition) is 2. The van der Waals surface area contributed by atoms with Crippen LogP contribution in [0.3, 0.4) is 0 Å². The van der Waals surface area contributed by atoms with Crippen LogP contribution in [-0.4, -0.2) is 30.7 Å². The van der Waals surface area contributed by atoms with Crippen LogP contribution in [-0.2, 0) is 4.79 Å². The number of ether oxygens (including phenoxy) is 1. The molecule has 0 heterocycles. The number of carbonyl (C=O) groups excluding carboxylic acids is 3. The highest BCUT2D eigenvalue weighted by molar-refractivity contribution is 6.17. The van der Waals surface area contributed by atoms with Gasteiger partial charge >= 0.3 is 0 Å². The fourth-order valence-electron chi connectivity index (χ4n) is 2.85. The van der Waals surface area contributed by atoms with Crippen molar-refractivity contribution in [1.82, 2.24) is 5.32 Å². The quantitative estimate of drug-likeness (QED) is 0.563. The van der Waals surface area contributed by atoms with Crippen LogP contribution in [0.5, 0.6) is 5.75 Å². The molecule has 0 aromatic heterocycles. The van der Waals surface area contributed by atoms with Crippen LogP contribution >= 0.6 is 0 Å². The molecule has 0 saturated carbocycles. The Morgan fingerprint density at radius 1 is 0.800 bits per heavy atom. The first-order valence-corrected chi connectivity index (χ1v) is 9.58. The molecule has 3 aromatic rings. The molecule has 30 heavy (non-hydrogen) atoms. The van der Waals surface area contributed by atoms with Crippen molar-refractivity contribution in [2.24, 2.45) is 0 Å². The average molecular weight is 402 g/mol. The molecule has 0 unspecified atom stereocenters. The lowest BCUT2D eigenvalue weighted by molar-refractivity contribution is -0.122. The number of amides is 2. The van der Waals surface area contributed by atoms with Gasteiger partial charge in [0.25, 0.3) is 11.8 Å². The van der Waals surface area contributed by atoms with E-state index in [1.807, 2.05) is 13.0 Å². The number of ketones is 1. The molecule has 0 spiro atoms. The van der Waals surface area contributed by atoms with Gasteiger partial charge in [0.2, 0.25) is 0 Å². The number of anilines is 1. The first-order chi connectivity index (χ1) is 14.6. The van der Waals surface area contributed by atoms with Gasteiger partial charge in [0.05, 0.1) is 5.56 Å². The summed E-state index contributed by atoms with van der Waals surface area (Å²) in [5.41, 5.74) is 1.70. The molecule has 2 N–H and O–H groups in total. The normalized spacial score (nSPS) is 10.2. The maximum Gasteiger partial charge on any atom is 0.257 e. The summed E-state index contributed by atoms with van der Waals surface area (Å²) in [4.78, 5) is 37.1. The van der Waals surface area contributed by atoms with Crippen LogP contribution in [0.2, 0.25) is 0 Å². The lowest BCUT2D eigenvalue weighted by Crippen LogP contribution is -2.28. The van der Waals surface area contributed by atoms with E-state index >= 15 is 0 Å². The fraction of sp³-hybridized carbons (Fsp3) is 0.125. The van der Waals surface area contributed by atoms with Crippen molar-refractivity contribution in [3.8, 4) is 5.75 Å². The van der Waals surface area contributed by atoms with E-state index in [1.165, 1.54) is 0 Å². The summed E-state index contributed by atoms with van der Waals surface area (Å²) in [6.45, 7) is 2.30. The molecule has 0 aliphatic heterocycles. The van der Waals surface area contributed by atoms with Crippen molar-refractivity contribution >= 4 is 23.3 Å². The van der Waals surface area contributed by atoms with Crippen molar-refractivity contribution in [3.05, 3.63) is 95.6 Å². The minimum atomic E-state index is -0.383. The zero-order valence-corrected chi connectivity index (χ0v) is 16.6. The number of hydrogen-bond acceptors (Lipinski definition) is 4. The smallest absolute Gasteiger partial charge is 0.257 e. The van der Waals surface area contributed by atoms with Gasteiger partial charge in [-0.3, -0.25) is 14.4 Å². The second-order valence-corrected chi connectivity index (χ2v) is 6.46. The number of likely N-dealkylation sites (N-methyl/N-ethyl adjacent to an activating group) is 1. The summed E-state index contributed by atoms with van der Waals surface area (Å²) < 4.78 is 5.40. The molecule has 152 valence electrons. The van der Waals surface area contributed by atoms with E-state index in [2.05, 4.69) is 10.6 Å². The minimum absolute atomic E-state index is 0.0749. The highest BCUT2D eigenvalue weighted by Crippen LogP contribution is 2.19. The van der Waals surface area contributed by atoms with Crippen molar-refractivity contribution in [2.75, 3.05) is 18.5 Å². The standard InChI is InChI=1S/C24H22N2O4/c1-2-25-22(27)16-30-19-14-12-18(13-15-19)26-24(29)21-11-7-6-10-20(21)23(28)17-8-4-3-5-9-17/h3-15H,2,16H2,1H3,(H,25,27)(H,26,29). The van der Waals surface area contributed by atoms with E-state index in [0.717, 1.165) is 0 Å². The Bertz CT molecular complexity index is 1030. The van der Waals surface area contributed by atoms with Gasteiger partial charge in [0.1, 0.15) is 5.75 Å². The molecule has 0 atom stereocenters. The number of nitrogens with one attached hydrogen (secondary N) is 2. The monoisotopic (exact) mass is 402 g/mol. The van der Waals surface area contributed by atoms with E-state index in [-0.39, 0.29) is 24.2 Å². The number of benzene rings is 3. The lowest BCUT2D eigenvalue weighted by Gasteiger charge is -2.11. The molecule has 0 aliphatic rings. The third-order valence-corrected chi connectivity index (χ3v) is 4.31. The summed E-state index contributed by atoms with van der Waals surface area (Å²) in [5, 5.41) is 5.44. The number of carbonyl (C=O) groups is 3. The molecule has 3 rings (SSSR count). The molecular weight excluding hydrogens is 380 g/mol. The van der Waals surface area contributed by atoms with Crippen LogP contribution < -0.4 is 15.4 Å². The Kier molecular flexibility index (Phi) is 6.95. The third kappa shape index (κ3) is 5.32. The van der Waals surface area contributed by atoms with Crippen LogP contribution in [0.15, 0.2) is 78.9 Å². The highest BCUT2D eigenvalue weighted by Gasteiger charge is 2.18. The number of rotatable bonds is 8. The van der Waals surface area contributed by atoms with Crippen molar-refractivity contribution in [3.63, 3.8) is 0 Å². The van der Waals surface area contributed by atoms with Gasteiger partial charge in [-0.15, -0.1) is 0 Å². The van der Waals surface area contributed by atoms with E-state index < -0.39 is 0 Å². The molecule has 0 aliphatic carbocycles. The maximum absolute atomic E-state index is 12.8. The lowest BCUT2D eigenvalue weighted by atomic mass is 9.98. The summed E-state index contributed by atoms with van der Waals surface area (Å²) in [6, 6.07) is 22.2. The molecule has 6 heteroatoms. The molecule has 3 aromatic carbocycles. The minimum Gasteiger partial charge on any atom is -0.484 e. The van der Waals surface area contributed by atoms with Gasteiger partial charge < -0.3 is 15.4 Å². The van der Waals surface area contributed by atoms with Crippen LogP contribution in [0.1, 0.15) is 33.2 Å². The van der Waals surface area contributed by atoms with Crippen molar-refractivity contribution < 1.29 is 19.1 Å². The van der Waals surface area contributed by atoms with Gasteiger partial charge in [-0.1, -0.05) is 48.5 Å². The Morgan fingerprint density at radius 3 is 2.10 bits per heavy atom. The van der Waals surface area contributed by atoms with E-state index in [4.69, 9.17) is 4.74 Å². The SMILES string of the molecule is CCNC(=O)COc1ccc(NC(=O)c2ccccc2C(=O)c2ccccc2)cc1. The van der Waals surface area contributed by atoms with Crippen LogP contribution in [0, 0.1) is 0 Å². The maximum atomic E-state index is 12.8. The third-order valence-electron chi connectivity index (χ3n) is 4.31. The molecule has 0 bridgehead atoms. The first kappa shape index (κ1) is 20.8. The van der Waals surface area contributed by atoms with Gasteiger partial charge in [-0.2, -0.15) is 0 Å². The van der Waals surface area contributed by atoms with E-state index in [0.29, 0.717) is 34.7 Å². The summed E-state index contributed by atoms with van der Waals surface area (Å²) >= 11 is 0. The Hall–Kier alpha value is -3.93. The molecule has 0 radical (unpaired) electrons. The Labute approximate surface area is 174 Å². The van der Waals surface area contributed by atoms with Gasteiger partial charge in [0, 0.05) is 23.4 Å². The predicted octanol–water partition coefficient (Wildman–Crippen LogP) is 3.68. The topological polar surface area (TPSA) is 84.5 Å². The van der Waals surface area contributed by atoms with E-state index in [9.17, 15) is 14.4 Å². The van der Waals surface area contributed by atoms with Gasteiger partial charge in [-0.25, -0.2) is 0 Å². The molecule has 0 saturated heterocycles. The second-order valence-electron chi connectivity index (χ2n) is 6.46. The molecular formula is C24H22N2O4. The molecule has 2 amide bonds. The first-order valence-electron chi connectivity index (χ1n) is 9.58. The van der Waals surface area contributed by atoms with Crippen molar-refractivity contribution in [1.29, 1.82) is 0 Å².